The standard InChI is InChI=1S/C30H30FN/c1-3-20-32-28-17-10-24(11-18-28)7-6-23-8-14-26(15-9-23)29-19-16-27(21-30(29)31)25-12-4-22(2)5-13-25/h4-5,8-19,21,32H,3,6-7,20H2,1-2H3. The van der Waals surface area contributed by atoms with Crippen molar-refractivity contribution < 1.29 is 4.39 Å². The first-order valence-corrected chi connectivity index (χ1v) is 11.4. The van der Waals surface area contributed by atoms with Crippen LogP contribution >= 0.6 is 0 Å². The number of halogens is 1. The van der Waals surface area contributed by atoms with Crippen molar-refractivity contribution in [3.63, 3.8) is 0 Å². The Hall–Kier alpha value is -3.39. The molecule has 4 aromatic rings. The topological polar surface area (TPSA) is 12.0 Å². The Morgan fingerprint density at radius 2 is 1.22 bits per heavy atom. The third-order valence-electron chi connectivity index (χ3n) is 5.85. The zero-order chi connectivity index (χ0) is 22.3. The second-order valence-corrected chi connectivity index (χ2v) is 8.38. The summed E-state index contributed by atoms with van der Waals surface area (Å²) in [6.07, 6.45) is 3.09. The highest BCUT2D eigenvalue weighted by atomic mass is 19.1. The quantitative estimate of drug-likeness (QED) is 0.302. The van der Waals surface area contributed by atoms with E-state index >= 15 is 0 Å². The molecular weight excluding hydrogens is 393 g/mol. The van der Waals surface area contributed by atoms with E-state index in [-0.39, 0.29) is 5.82 Å². The summed E-state index contributed by atoms with van der Waals surface area (Å²) >= 11 is 0. The molecule has 1 N–H and O–H groups in total. The Kier molecular flexibility index (Phi) is 7.01. The van der Waals surface area contributed by atoms with E-state index in [1.807, 2.05) is 36.4 Å². The summed E-state index contributed by atoms with van der Waals surface area (Å²) in [7, 11) is 0. The third kappa shape index (κ3) is 5.45. The number of hydrogen-bond acceptors (Lipinski definition) is 1. The van der Waals surface area contributed by atoms with E-state index in [1.165, 1.54) is 22.4 Å². The number of aryl methyl sites for hydroxylation is 3. The van der Waals surface area contributed by atoms with Crippen LogP contribution in [0.1, 0.15) is 30.0 Å². The summed E-state index contributed by atoms with van der Waals surface area (Å²) in [6.45, 7) is 5.22. The molecule has 0 heterocycles. The van der Waals surface area contributed by atoms with Crippen molar-refractivity contribution >= 4 is 5.69 Å². The van der Waals surface area contributed by atoms with Crippen LogP contribution in [0.2, 0.25) is 0 Å². The van der Waals surface area contributed by atoms with Gasteiger partial charge in [-0.2, -0.15) is 0 Å². The third-order valence-corrected chi connectivity index (χ3v) is 5.85. The minimum atomic E-state index is -0.187. The van der Waals surface area contributed by atoms with E-state index in [2.05, 4.69) is 67.7 Å². The Labute approximate surface area is 191 Å². The molecule has 0 aliphatic heterocycles. The zero-order valence-corrected chi connectivity index (χ0v) is 18.9. The SMILES string of the molecule is CCCNc1ccc(CCc2ccc(-c3ccc(-c4ccc(C)cc4)cc3F)cc2)cc1. The molecule has 4 aromatic carbocycles. The molecule has 162 valence electrons. The molecule has 0 aromatic heterocycles. The molecule has 0 bridgehead atoms. The molecule has 0 fully saturated rings. The maximum Gasteiger partial charge on any atom is 0.131 e. The van der Waals surface area contributed by atoms with Crippen molar-refractivity contribution in [1.29, 1.82) is 0 Å². The van der Waals surface area contributed by atoms with Crippen LogP contribution in [0, 0.1) is 12.7 Å². The van der Waals surface area contributed by atoms with Gasteiger partial charge in [-0.3, -0.25) is 0 Å². The lowest BCUT2D eigenvalue weighted by atomic mass is 9.97. The van der Waals surface area contributed by atoms with E-state index in [9.17, 15) is 4.39 Å². The molecular formula is C30H30FN. The van der Waals surface area contributed by atoms with Gasteiger partial charge in [-0.1, -0.05) is 85.3 Å². The van der Waals surface area contributed by atoms with Gasteiger partial charge in [-0.05, 0) is 72.2 Å². The maximum atomic E-state index is 14.9. The van der Waals surface area contributed by atoms with Crippen molar-refractivity contribution in [2.75, 3.05) is 11.9 Å². The first-order chi connectivity index (χ1) is 15.6. The number of nitrogens with one attached hydrogen (secondary N) is 1. The molecule has 0 atom stereocenters. The Bertz CT molecular complexity index is 1140. The van der Waals surface area contributed by atoms with Crippen LogP contribution in [0.25, 0.3) is 22.3 Å². The van der Waals surface area contributed by atoms with Crippen molar-refractivity contribution in [3.05, 3.63) is 114 Å². The molecule has 0 spiro atoms. The average Bonchev–Trinajstić information content (AvgIpc) is 2.83. The summed E-state index contributed by atoms with van der Waals surface area (Å²) in [5.74, 6) is -0.187. The van der Waals surface area contributed by atoms with Gasteiger partial charge in [0.1, 0.15) is 5.82 Å². The van der Waals surface area contributed by atoms with E-state index < -0.39 is 0 Å². The van der Waals surface area contributed by atoms with Crippen LogP contribution in [-0.4, -0.2) is 6.54 Å². The van der Waals surface area contributed by atoms with Crippen LogP contribution in [0.3, 0.4) is 0 Å². The molecule has 0 aliphatic carbocycles. The van der Waals surface area contributed by atoms with Crippen molar-refractivity contribution in [3.8, 4) is 22.3 Å². The number of anilines is 1. The van der Waals surface area contributed by atoms with Crippen molar-refractivity contribution in [1.82, 2.24) is 0 Å². The number of benzene rings is 4. The number of rotatable bonds is 8. The normalized spacial score (nSPS) is 10.8. The first-order valence-electron chi connectivity index (χ1n) is 11.4. The van der Waals surface area contributed by atoms with Gasteiger partial charge in [0, 0.05) is 17.8 Å². The maximum absolute atomic E-state index is 14.9. The predicted octanol–water partition coefficient (Wildman–Crippen LogP) is 8.08. The van der Waals surface area contributed by atoms with Gasteiger partial charge in [0.15, 0.2) is 0 Å². The summed E-state index contributed by atoms with van der Waals surface area (Å²) in [5.41, 5.74) is 8.45. The summed E-state index contributed by atoms with van der Waals surface area (Å²) in [4.78, 5) is 0. The molecule has 0 unspecified atom stereocenters. The fraction of sp³-hybridized carbons (Fsp3) is 0.200. The molecule has 1 nitrogen and oxygen atoms in total. The van der Waals surface area contributed by atoms with Gasteiger partial charge in [-0.15, -0.1) is 0 Å². The fourth-order valence-electron chi connectivity index (χ4n) is 3.87. The predicted molar refractivity (Wildman–Crippen MR) is 135 cm³/mol. The van der Waals surface area contributed by atoms with Crippen LogP contribution < -0.4 is 5.32 Å². The van der Waals surface area contributed by atoms with Crippen molar-refractivity contribution in [2.45, 2.75) is 33.1 Å². The minimum Gasteiger partial charge on any atom is -0.385 e. The summed E-state index contributed by atoms with van der Waals surface area (Å²) in [6, 6.07) is 30.6. The van der Waals surface area contributed by atoms with Gasteiger partial charge >= 0.3 is 0 Å². The van der Waals surface area contributed by atoms with Gasteiger partial charge in [0.25, 0.3) is 0 Å². The van der Waals surface area contributed by atoms with Gasteiger partial charge in [0.2, 0.25) is 0 Å². The van der Waals surface area contributed by atoms with Crippen LogP contribution in [0.5, 0.6) is 0 Å². The van der Waals surface area contributed by atoms with E-state index in [0.29, 0.717) is 5.56 Å². The second-order valence-electron chi connectivity index (χ2n) is 8.38. The van der Waals surface area contributed by atoms with E-state index in [4.69, 9.17) is 0 Å². The first kappa shape index (κ1) is 21.8. The second kappa shape index (κ2) is 10.3. The fourth-order valence-corrected chi connectivity index (χ4v) is 3.87. The highest BCUT2D eigenvalue weighted by Gasteiger charge is 2.08. The zero-order valence-electron chi connectivity index (χ0n) is 18.9. The number of hydrogen-bond donors (Lipinski definition) is 1. The molecule has 2 heteroatoms. The smallest absolute Gasteiger partial charge is 0.131 e. The van der Waals surface area contributed by atoms with Crippen LogP contribution in [0.4, 0.5) is 10.1 Å². The molecule has 0 saturated carbocycles. The summed E-state index contributed by atoms with van der Waals surface area (Å²) < 4.78 is 14.9. The average molecular weight is 424 g/mol. The lowest BCUT2D eigenvalue weighted by Crippen LogP contribution is -1.99. The lowest BCUT2D eigenvalue weighted by Gasteiger charge is -2.09. The van der Waals surface area contributed by atoms with E-state index in [0.717, 1.165) is 42.5 Å². The minimum absolute atomic E-state index is 0.187. The highest BCUT2D eigenvalue weighted by Crippen LogP contribution is 2.28. The lowest BCUT2D eigenvalue weighted by molar-refractivity contribution is 0.632. The van der Waals surface area contributed by atoms with E-state index in [1.54, 1.807) is 6.07 Å². The molecule has 0 aliphatic rings. The molecule has 0 saturated heterocycles. The molecule has 0 radical (unpaired) electrons. The molecule has 32 heavy (non-hydrogen) atoms. The Morgan fingerprint density at radius 3 is 1.81 bits per heavy atom. The van der Waals surface area contributed by atoms with Gasteiger partial charge in [0.05, 0.1) is 0 Å². The van der Waals surface area contributed by atoms with Crippen LogP contribution in [-0.2, 0) is 12.8 Å². The van der Waals surface area contributed by atoms with Gasteiger partial charge in [-0.25, -0.2) is 4.39 Å². The Morgan fingerprint density at radius 1 is 0.656 bits per heavy atom. The van der Waals surface area contributed by atoms with Crippen LogP contribution in [0.15, 0.2) is 91.0 Å². The summed E-state index contributed by atoms with van der Waals surface area (Å²) in [5, 5.41) is 3.41. The Balaban J connectivity index is 1.40. The highest BCUT2D eigenvalue weighted by molar-refractivity contribution is 5.71. The van der Waals surface area contributed by atoms with Gasteiger partial charge < -0.3 is 5.32 Å². The molecule has 4 rings (SSSR count). The van der Waals surface area contributed by atoms with Crippen molar-refractivity contribution in [2.24, 2.45) is 0 Å². The molecule has 0 amide bonds. The monoisotopic (exact) mass is 423 g/mol. The largest absolute Gasteiger partial charge is 0.385 e.